The van der Waals surface area contributed by atoms with E-state index in [0.717, 1.165) is 25.9 Å². The SMILES string of the molecule is CC[C@H]1O[C@]2(O)O[C@H]([C@@H](C)C3OC(C)(C[C@@H]3C)[C@H](O[C@@H]3OC(C)CC(N4CCCC4)C3O)[C@@H](C)[C@H](O[C@H]3CC(C)(OC)[C@@H](O)C(C)O3)[C@H]2C)[C@]1(C)O. The van der Waals surface area contributed by atoms with Crippen LogP contribution in [0.25, 0.3) is 0 Å². The lowest BCUT2D eigenvalue weighted by molar-refractivity contribution is -0.481. The number of nitrogens with zero attached hydrogens (tertiary/aromatic N) is 1. The summed E-state index contributed by atoms with van der Waals surface area (Å²) >= 11 is 0. The molecule has 6 heterocycles. The van der Waals surface area contributed by atoms with Gasteiger partial charge in [-0.15, -0.1) is 0 Å². The normalized spacial score (nSPS) is 56.4. The van der Waals surface area contributed by atoms with E-state index in [-0.39, 0.29) is 36.5 Å². The Hall–Kier alpha value is -0.520. The summed E-state index contributed by atoms with van der Waals surface area (Å²) < 4.78 is 52.6. The second-order valence-corrected chi connectivity index (χ2v) is 17.9. The summed E-state index contributed by atoms with van der Waals surface area (Å²) in [6.45, 7) is 21.2. The molecule has 0 spiro atoms. The van der Waals surface area contributed by atoms with E-state index < -0.39 is 89.9 Å². The molecule has 6 saturated heterocycles. The highest BCUT2D eigenvalue weighted by molar-refractivity contribution is 5.07. The molecule has 0 saturated carbocycles. The van der Waals surface area contributed by atoms with E-state index in [1.54, 1.807) is 21.0 Å². The summed E-state index contributed by atoms with van der Waals surface area (Å²) in [6, 6.07) is -0.102. The zero-order valence-electron chi connectivity index (χ0n) is 33.4. The molecule has 0 aromatic heterocycles. The molecule has 0 radical (unpaired) electrons. The highest BCUT2D eigenvalue weighted by atomic mass is 16.8. The van der Waals surface area contributed by atoms with E-state index in [0.29, 0.717) is 19.3 Å². The van der Waals surface area contributed by atoms with E-state index in [9.17, 15) is 20.4 Å². The summed E-state index contributed by atoms with van der Waals surface area (Å²) in [4.78, 5) is 2.35. The smallest absolute Gasteiger partial charge is 0.286 e. The van der Waals surface area contributed by atoms with Crippen molar-refractivity contribution in [3.8, 4) is 0 Å². The first kappa shape index (κ1) is 41.1. The molecule has 0 aromatic rings. The summed E-state index contributed by atoms with van der Waals surface area (Å²) in [5.74, 6) is -3.85. The molecule has 13 nitrogen and oxygen atoms in total. The number of fused-ring (bicyclic) bond motifs is 4. The monoisotopic (exact) mass is 743 g/mol. The molecule has 0 aromatic carbocycles. The van der Waals surface area contributed by atoms with E-state index in [1.165, 1.54) is 0 Å². The van der Waals surface area contributed by atoms with Gasteiger partial charge >= 0.3 is 0 Å². The summed E-state index contributed by atoms with van der Waals surface area (Å²) in [5.41, 5.74) is -3.28. The first-order valence-corrected chi connectivity index (χ1v) is 20.0. The van der Waals surface area contributed by atoms with Crippen molar-refractivity contribution >= 4 is 0 Å². The standard InChI is InChI=1S/C39H69NO12/c1-12-27-38(10,43)34-22(4)30-20(2)18-37(9,51-30)33(49-35-29(41)26(17-21(3)46-35)40-15-13-14-16-40)23(5)31(24(6)39(44,50-27)52-34)48-28-19-36(8,45-11)32(42)25(7)47-28/h20-35,41-44H,12-19H2,1-11H3/t20-,21?,22-,23-,24+,25?,26?,27+,28-,29?,30?,31-,32-,33+,34+,35-,36?,37?,38+,39-/m0/s1. The van der Waals surface area contributed by atoms with E-state index in [4.69, 9.17) is 37.9 Å². The number of rotatable bonds is 7. The van der Waals surface area contributed by atoms with Crippen molar-refractivity contribution in [2.45, 2.75) is 204 Å². The maximum absolute atomic E-state index is 12.5. The molecule has 6 aliphatic rings. The molecule has 4 N–H and O–H groups in total. The topological polar surface area (TPSA) is 158 Å². The van der Waals surface area contributed by atoms with Crippen LogP contribution in [0.5, 0.6) is 0 Å². The van der Waals surface area contributed by atoms with Crippen molar-refractivity contribution in [3.63, 3.8) is 0 Å². The van der Waals surface area contributed by atoms with E-state index in [2.05, 4.69) is 18.7 Å². The predicted octanol–water partition coefficient (Wildman–Crippen LogP) is 3.31. The molecular weight excluding hydrogens is 674 g/mol. The van der Waals surface area contributed by atoms with Crippen molar-refractivity contribution < 1.29 is 58.3 Å². The Bertz CT molecular complexity index is 1220. The molecule has 20 atom stereocenters. The number of hydrogen-bond acceptors (Lipinski definition) is 13. The van der Waals surface area contributed by atoms with Crippen molar-refractivity contribution in [1.82, 2.24) is 4.90 Å². The summed E-state index contributed by atoms with van der Waals surface area (Å²) in [7, 11) is 1.56. The van der Waals surface area contributed by atoms with Crippen LogP contribution in [0.4, 0.5) is 0 Å². The molecule has 13 heteroatoms. The fourth-order valence-electron chi connectivity index (χ4n) is 10.8. The number of methoxy groups -OCH3 is 1. The molecule has 7 unspecified atom stereocenters. The van der Waals surface area contributed by atoms with Crippen LogP contribution < -0.4 is 0 Å². The third kappa shape index (κ3) is 7.27. The van der Waals surface area contributed by atoms with Gasteiger partial charge in [0.25, 0.3) is 5.97 Å². The third-order valence-electron chi connectivity index (χ3n) is 13.8. The zero-order valence-corrected chi connectivity index (χ0v) is 33.4. The van der Waals surface area contributed by atoms with Crippen molar-refractivity contribution in [2.24, 2.45) is 23.7 Å². The first-order valence-electron chi connectivity index (χ1n) is 20.0. The molecule has 0 aliphatic carbocycles. The average Bonchev–Trinajstić information content (AvgIpc) is 3.73. The Morgan fingerprint density at radius 1 is 0.846 bits per heavy atom. The maximum atomic E-state index is 12.5. The van der Waals surface area contributed by atoms with Crippen LogP contribution in [0.3, 0.4) is 0 Å². The summed E-state index contributed by atoms with van der Waals surface area (Å²) in [6.07, 6.45) is -3.61. The van der Waals surface area contributed by atoms with E-state index >= 15 is 0 Å². The molecule has 0 amide bonds. The molecule has 4 bridgehead atoms. The highest BCUT2D eigenvalue weighted by Gasteiger charge is 2.64. The molecule has 6 fully saturated rings. The van der Waals surface area contributed by atoms with Crippen LogP contribution in [0.2, 0.25) is 0 Å². The molecule has 6 aliphatic heterocycles. The Morgan fingerprint density at radius 3 is 2.15 bits per heavy atom. The Labute approximate surface area is 310 Å². The van der Waals surface area contributed by atoms with Gasteiger partial charge in [-0.25, -0.2) is 0 Å². The lowest BCUT2D eigenvalue weighted by atomic mass is 9.74. The lowest BCUT2D eigenvalue weighted by Crippen LogP contribution is -2.69. The van der Waals surface area contributed by atoms with Gasteiger partial charge in [-0.1, -0.05) is 34.6 Å². The minimum absolute atomic E-state index is 0.0322. The number of hydrogen-bond donors (Lipinski definition) is 4. The number of ether oxygens (including phenoxy) is 8. The second-order valence-electron chi connectivity index (χ2n) is 17.9. The van der Waals surface area contributed by atoms with Gasteiger partial charge in [0.2, 0.25) is 0 Å². The van der Waals surface area contributed by atoms with Crippen LogP contribution in [-0.2, 0) is 37.9 Å². The molecule has 52 heavy (non-hydrogen) atoms. The van der Waals surface area contributed by atoms with Crippen molar-refractivity contribution in [1.29, 1.82) is 0 Å². The fourth-order valence-corrected chi connectivity index (χ4v) is 10.8. The predicted molar refractivity (Wildman–Crippen MR) is 190 cm³/mol. The van der Waals surface area contributed by atoms with Gasteiger partial charge in [0.15, 0.2) is 12.6 Å². The van der Waals surface area contributed by atoms with Crippen molar-refractivity contribution in [3.05, 3.63) is 0 Å². The van der Waals surface area contributed by atoms with Gasteiger partial charge in [0, 0.05) is 31.4 Å². The van der Waals surface area contributed by atoms with Gasteiger partial charge in [-0.05, 0) is 85.7 Å². The molecule has 6 rings (SSSR count). The van der Waals surface area contributed by atoms with Gasteiger partial charge in [0.05, 0.1) is 59.8 Å². The van der Waals surface area contributed by atoms with Crippen molar-refractivity contribution in [2.75, 3.05) is 20.2 Å². The van der Waals surface area contributed by atoms with Gasteiger partial charge in [-0.2, -0.15) is 0 Å². The van der Waals surface area contributed by atoms with Gasteiger partial charge < -0.3 is 58.3 Å². The third-order valence-corrected chi connectivity index (χ3v) is 13.8. The fraction of sp³-hybridized carbons (Fsp3) is 1.00. The van der Waals surface area contributed by atoms with Crippen LogP contribution in [0, 0.1) is 23.7 Å². The quantitative estimate of drug-likeness (QED) is 0.302. The van der Waals surface area contributed by atoms with Crippen LogP contribution in [0.15, 0.2) is 0 Å². The van der Waals surface area contributed by atoms with Gasteiger partial charge in [0.1, 0.15) is 17.8 Å². The second kappa shape index (κ2) is 15.1. The largest absolute Gasteiger partial charge is 0.387 e. The highest BCUT2D eigenvalue weighted by Crippen LogP contribution is 2.52. The maximum Gasteiger partial charge on any atom is 0.286 e. The summed E-state index contributed by atoms with van der Waals surface area (Å²) in [5, 5.41) is 47.5. The van der Waals surface area contributed by atoms with Crippen LogP contribution in [-0.4, -0.2) is 142 Å². The number of aliphatic hydroxyl groups is 4. The van der Waals surface area contributed by atoms with Crippen LogP contribution >= 0.6 is 0 Å². The Morgan fingerprint density at radius 2 is 1.52 bits per heavy atom. The number of aliphatic hydroxyl groups excluding tert-OH is 2. The van der Waals surface area contributed by atoms with Crippen LogP contribution in [0.1, 0.15) is 108 Å². The molecular formula is C39H69NO12. The van der Waals surface area contributed by atoms with E-state index in [1.807, 2.05) is 41.5 Å². The van der Waals surface area contributed by atoms with Gasteiger partial charge in [-0.3, -0.25) is 4.90 Å². The first-order chi connectivity index (χ1) is 24.3. The molecule has 302 valence electrons. The Balaban J connectivity index is 1.43. The Kier molecular flexibility index (Phi) is 11.9. The minimum Gasteiger partial charge on any atom is -0.387 e. The zero-order chi connectivity index (χ0) is 38.1. The number of likely N-dealkylation sites (tertiary alicyclic amines) is 1. The minimum atomic E-state index is -2.17. The average molecular weight is 744 g/mol. The lowest BCUT2D eigenvalue weighted by Gasteiger charge is -2.55.